The first-order valence-electron chi connectivity index (χ1n) is 10.1. The van der Waals surface area contributed by atoms with Crippen molar-refractivity contribution in [2.24, 2.45) is 0 Å². The van der Waals surface area contributed by atoms with Gasteiger partial charge >= 0.3 is 5.97 Å². The molecule has 0 bridgehead atoms. The average Bonchev–Trinajstić information content (AvgIpc) is 2.82. The Morgan fingerprint density at radius 3 is 1.77 bits per heavy atom. The fourth-order valence-corrected chi connectivity index (χ4v) is 2.48. The molecule has 31 heavy (non-hydrogen) atoms. The Hall–Kier alpha value is -3.00. The summed E-state index contributed by atoms with van der Waals surface area (Å²) < 4.78 is 26.5. The third-order valence-corrected chi connectivity index (χ3v) is 4.03. The average molecular weight is 428 g/mol. The van der Waals surface area contributed by atoms with E-state index >= 15 is 0 Å². The molecule has 0 radical (unpaired) electrons. The Morgan fingerprint density at radius 1 is 0.677 bits per heavy atom. The van der Waals surface area contributed by atoms with Crippen LogP contribution in [0, 0.1) is 0 Å². The van der Waals surface area contributed by atoms with Crippen LogP contribution in [0.25, 0.3) is 0 Å². The van der Waals surface area contributed by atoms with Gasteiger partial charge in [0.15, 0.2) is 5.78 Å². The molecular formula is C24H28O7. The summed E-state index contributed by atoms with van der Waals surface area (Å²) >= 11 is 0. The van der Waals surface area contributed by atoms with Crippen LogP contribution in [0.5, 0.6) is 5.75 Å². The molecule has 0 amide bonds. The highest BCUT2D eigenvalue weighted by Crippen LogP contribution is 2.15. The highest BCUT2D eigenvalue weighted by molar-refractivity contribution is 6.08. The second-order valence-corrected chi connectivity index (χ2v) is 6.28. The monoisotopic (exact) mass is 428 g/mol. The van der Waals surface area contributed by atoms with Crippen LogP contribution < -0.4 is 4.74 Å². The van der Waals surface area contributed by atoms with Gasteiger partial charge in [-0.1, -0.05) is 36.9 Å². The van der Waals surface area contributed by atoms with Gasteiger partial charge in [-0.25, -0.2) is 4.79 Å². The van der Waals surface area contributed by atoms with Crippen LogP contribution in [0.4, 0.5) is 0 Å². The van der Waals surface area contributed by atoms with Gasteiger partial charge in [0, 0.05) is 17.2 Å². The molecule has 7 nitrogen and oxygen atoms in total. The standard InChI is InChI=1S/C24H28O7/c1-2-23(25)31-19-17-29-15-13-27-12-14-28-16-18-30-22-10-8-21(9-11-22)24(26)20-6-4-3-5-7-20/h2-11H,1,12-19H2. The Kier molecular flexibility index (Phi) is 11.7. The lowest BCUT2D eigenvalue weighted by Gasteiger charge is -2.09. The van der Waals surface area contributed by atoms with E-state index in [4.69, 9.17) is 23.7 Å². The molecule has 0 aromatic heterocycles. The largest absolute Gasteiger partial charge is 0.491 e. The summed E-state index contributed by atoms with van der Waals surface area (Å²) in [5, 5.41) is 0. The van der Waals surface area contributed by atoms with Gasteiger partial charge < -0.3 is 23.7 Å². The zero-order chi connectivity index (χ0) is 22.2. The number of esters is 1. The highest BCUT2D eigenvalue weighted by atomic mass is 16.6. The summed E-state index contributed by atoms with van der Waals surface area (Å²) in [6.07, 6.45) is 1.11. The van der Waals surface area contributed by atoms with Crippen LogP contribution in [0.3, 0.4) is 0 Å². The van der Waals surface area contributed by atoms with E-state index in [2.05, 4.69) is 6.58 Å². The SMILES string of the molecule is C=CC(=O)OCCOCCOCCOCCOc1ccc(C(=O)c2ccccc2)cc1. The maximum absolute atomic E-state index is 12.4. The number of carbonyl (C=O) groups is 2. The zero-order valence-electron chi connectivity index (χ0n) is 17.5. The van der Waals surface area contributed by atoms with Crippen LogP contribution in [0.1, 0.15) is 15.9 Å². The molecule has 0 atom stereocenters. The number of ether oxygens (including phenoxy) is 5. The first-order chi connectivity index (χ1) is 15.2. The molecule has 2 aromatic carbocycles. The summed E-state index contributed by atoms with van der Waals surface area (Å²) in [6.45, 7) is 6.39. The lowest BCUT2D eigenvalue weighted by molar-refractivity contribution is -0.139. The van der Waals surface area contributed by atoms with Gasteiger partial charge in [0.2, 0.25) is 0 Å². The summed E-state index contributed by atoms with van der Waals surface area (Å²) in [4.78, 5) is 23.2. The van der Waals surface area contributed by atoms with E-state index in [9.17, 15) is 9.59 Å². The smallest absolute Gasteiger partial charge is 0.330 e. The molecule has 0 aliphatic carbocycles. The number of ketones is 1. The molecule has 0 fully saturated rings. The van der Waals surface area contributed by atoms with Crippen molar-refractivity contribution in [3.8, 4) is 5.75 Å². The van der Waals surface area contributed by atoms with Crippen molar-refractivity contribution in [3.05, 3.63) is 78.4 Å². The number of hydrogen-bond donors (Lipinski definition) is 0. The number of rotatable bonds is 16. The lowest BCUT2D eigenvalue weighted by Crippen LogP contribution is -2.14. The van der Waals surface area contributed by atoms with E-state index in [0.29, 0.717) is 63.1 Å². The highest BCUT2D eigenvalue weighted by Gasteiger charge is 2.08. The molecule has 7 heteroatoms. The molecule has 0 unspecified atom stereocenters. The lowest BCUT2D eigenvalue weighted by atomic mass is 10.0. The molecule has 2 rings (SSSR count). The van der Waals surface area contributed by atoms with Gasteiger partial charge in [-0.3, -0.25) is 4.79 Å². The summed E-state index contributed by atoms with van der Waals surface area (Å²) in [6, 6.07) is 16.2. The van der Waals surface area contributed by atoms with Crippen molar-refractivity contribution in [2.75, 3.05) is 52.9 Å². The maximum atomic E-state index is 12.4. The molecule has 0 aliphatic heterocycles. The predicted molar refractivity (Wildman–Crippen MR) is 115 cm³/mol. The van der Waals surface area contributed by atoms with Gasteiger partial charge in [-0.05, 0) is 24.3 Å². The molecule has 166 valence electrons. The van der Waals surface area contributed by atoms with E-state index in [1.807, 2.05) is 18.2 Å². The minimum atomic E-state index is -0.462. The predicted octanol–water partition coefficient (Wildman–Crippen LogP) is 3.08. The van der Waals surface area contributed by atoms with Crippen LogP contribution in [-0.2, 0) is 23.7 Å². The van der Waals surface area contributed by atoms with Gasteiger partial charge in [-0.2, -0.15) is 0 Å². The Bertz CT molecular complexity index is 787. The number of hydrogen-bond acceptors (Lipinski definition) is 7. The second-order valence-electron chi connectivity index (χ2n) is 6.28. The van der Waals surface area contributed by atoms with Crippen molar-refractivity contribution < 1.29 is 33.3 Å². The van der Waals surface area contributed by atoms with E-state index < -0.39 is 5.97 Å². The van der Waals surface area contributed by atoms with Gasteiger partial charge in [0.05, 0.1) is 39.6 Å². The fourth-order valence-electron chi connectivity index (χ4n) is 2.48. The Balaban J connectivity index is 1.46. The van der Waals surface area contributed by atoms with Crippen LogP contribution in [-0.4, -0.2) is 64.6 Å². The van der Waals surface area contributed by atoms with Crippen molar-refractivity contribution in [1.29, 1.82) is 0 Å². The molecule has 0 aliphatic rings. The van der Waals surface area contributed by atoms with Crippen LogP contribution in [0.15, 0.2) is 67.3 Å². The number of benzene rings is 2. The fraction of sp³-hybridized carbons (Fsp3) is 0.333. The van der Waals surface area contributed by atoms with Crippen molar-refractivity contribution in [1.82, 2.24) is 0 Å². The van der Waals surface area contributed by atoms with Crippen LogP contribution >= 0.6 is 0 Å². The topological polar surface area (TPSA) is 80.3 Å². The van der Waals surface area contributed by atoms with E-state index in [1.165, 1.54) is 0 Å². The summed E-state index contributed by atoms with van der Waals surface area (Å²) in [5.41, 5.74) is 1.28. The van der Waals surface area contributed by atoms with Gasteiger partial charge in [-0.15, -0.1) is 0 Å². The molecule has 0 saturated carbocycles. The molecule has 0 saturated heterocycles. The van der Waals surface area contributed by atoms with Gasteiger partial charge in [0.1, 0.15) is 19.0 Å². The molecular weight excluding hydrogens is 400 g/mol. The van der Waals surface area contributed by atoms with Gasteiger partial charge in [0.25, 0.3) is 0 Å². The number of carbonyl (C=O) groups excluding carboxylic acids is 2. The summed E-state index contributed by atoms with van der Waals surface area (Å²) in [7, 11) is 0. The van der Waals surface area contributed by atoms with Crippen molar-refractivity contribution in [2.45, 2.75) is 0 Å². The minimum Gasteiger partial charge on any atom is -0.491 e. The Labute approximate surface area is 182 Å². The quantitative estimate of drug-likeness (QED) is 0.176. The molecule has 2 aromatic rings. The normalized spacial score (nSPS) is 10.5. The maximum Gasteiger partial charge on any atom is 0.330 e. The second kappa shape index (κ2) is 14.9. The molecule has 0 heterocycles. The third kappa shape index (κ3) is 10.0. The molecule has 0 spiro atoms. The third-order valence-electron chi connectivity index (χ3n) is 4.03. The first kappa shape index (κ1) is 24.3. The molecule has 0 N–H and O–H groups in total. The minimum absolute atomic E-state index is 0.0167. The Morgan fingerprint density at radius 2 is 1.19 bits per heavy atom. The van der Waals surface area contributed by atoms with E-state index in [-0.39, 0.29) is 12.4 Å². The van der Waals surface area contributed by atoms with E-state index in [0.717, 1.165) is 6.08 Å². The first-order valence-corrected chi connectivity index (χ1v) is 10.1. The summed E-state index contributed by atoms with van der Waals surface area (Å²) in [5.74, 6) is 0.202. The van der Waals surface area contributed by atoms with Crippen molar-refractivity contribution >= 4 is 11.8 Å². The van der Waals surface area contributed by atoms with E-state index in [1.54, 1.807) is 36.4 Å². The van der Waals surface area contributed by atoms with Crippen molar-refractivity contribution in [3.63, 3.8) is 0 Å². The zero-order valence-corrected chi connectivity index (χ0v) is 17.5. The van der Waals surface area contributed by atoms with Crippen LogP contribution in [0.2, 0.25) is 0 Å².